The smallest absolute Gasteiger partial charge is 0.410 e. The van der Waals surface area contributed by atoms with Gasteiger partial charge in [0.05, 0.1) is 0 Å². The Bertz CT molecular complexity index is 511. The minimum absolute atomic E-state index is 0.187. The number of likely N-dealkylation sites (tertiary alicyclic amines) is 1. The fraction of sp³-hybridized carbons (Fsp3) is 0.611. The highest BCUT2D eigenvalue weighted by atomic mass is 32.2. The van der Waals surface area contributed by atoms with E-state index in [4.69, 9.17) is 4.74 Å². The minimum Gasteiger partial charge on any atom is -0.444 e. The Morgan fingerprint density at radius 2 is 2.04 bits per heavy atom. The van der Waals surface area contributed by atoms with E-state index in [2.05, 4.69) is 35.8 Å². The molecule has 0 radical (unpaired) electrons. The summed E-state index contributed by atoms with van der Waals surface area (Å²) in [5.41, 5.74) is 0.876. The van der Waals surface area contributed by atoms with Crippen LogP contribution in [0.15, 0.2) is 29.2 Å². The first-order valence-electron chi connectivity index (χ1n) is 8.19. The zero-order valence-corrected chi connectivity index (χ0v) is 15.4. The van der Waals surface area contributed by atoms with E-state index in [9.17, 15) is 4.79 Å². The minimum atomic E-state index is -0.420. The zero-order chi connectivity index (χ0) is 16.9. The average molecular weight is 337 g/mol. The van der Waals surface area contributed by atoms with Crippen LogP contribution in [0.4, 0.5) is 4.79 Å². The van der Waals surface area contributed by atoms with E-state index in [0.717, 1.165) is 32.6 Å². The Kier molecular flexibility index (Phi) is 6.36. The second-order valence-corrected chi connectivity index (χ2v) is 7.94. The molecule has 1 atom stereocenters. The van der Waals surface area contributed by atoms with E-state index in [1.165, 1.54) is 10.5 Å². The van der Waals surface area contributed by atoms with Gasteiger partial charge in [-0.2, -0.15) is 0 Å². The van der Waals surface area contributed by atoms with Crippen LogP contribution in [-0.4, -0.2) is 42.5 Å². The van der Waals surface area contributed by atoms with Gasteiger partial charge < -0.3 is 15.0 Å². The number of thioether (sulfide) groups is 1. The Morgan fingerprint density at radius 3 is 2.65 bits per heavy atom. The predicted octanol–water partition coefficient (Wildman–Crippen LogP) is 3.76. The lowest BCUT2D eigenvalue weighted by atomic mass is 10.1. The van der Waals surface area contributed by atoms with Gasteiger partial charge in [0.15, 0.2) is 0 Å². The standard InChI is InChI=1S/C18H28N2O2S/c1-18(2,3)22-17(21)20-10-9-15(13-20)12-19-11-14-5-7-16(23-4)8-6-14/h5-8,15,19H,9-13H2,1-4H3. The maximum absolute atomic E-state index is 12.0. The molecule has 1 heterocycles. The molecule has 0 aromatic heterocycles. The molecular weight excluding hydrogens is 308 g/mol. The van der Waals surface area contributed by atoms with Crippen LogP contribution in [0, 0.1) is 5.92 Å². The maximum atomic E-state index is 12.0. The van der Waals surface area contributed by atoms with Gasteiger partial charge in [0.25, 0.3) is 0 Å². The topological polar surface area (TPSA) is 41.6 Å². The van der Waals surface area contributed by atoms with Gasteiger partial charge in [0.2, 0.25) is 0 Å². The van der Waals surface area contributed by atoms with Crippen molar-refractivity contribution in [1.82, 2.24) is 10.2 Å². The van der Waals surface area contributed by atoms with Crippen LogP contribution in [0.2, 0.25) is 0 Å². The van der Waals surface area contributed by atoms with E-state index < -0.39 is 5.60 Å². The molecule has 1 aromatic carbocycles. The summed E-state index contributed by atoms with van der Waals surface area (Å²) in [5.74, 6) is 0.507. The second-order valence-electron chi connectivity index (χ2n) is 7.06. The monoisotopic (exact) mass is 336 g/mol. The molecule has 1 amide bonds. The largest absolute Gasteiger partial charge is 0.444 e. The SMILES string of the molecule is CSc1ccc(CNCC2CCN(C(=O)OC(C)(C)C)C2)cc1. The highest BCUT2D eigenvalue weighted by Gasteiger charge is 2.29. The molecule has 1 aliphatic rings. The molecule has 0 aliphatic carbocycles. The van der Waals surface area contributed by atoms with Gasteiger partial charge in [0, 0.05) is 31.1 Å². The molecule has 23 heavy (non-hydrogen) atoms. The van der Waals surface area contributed by atoms with Crippen molar-refractivity contribution in [3.63, 3.8) is 0 Å². The second kappa shape index (κ2) is 8.06. The quantitative estimate of drug-likeness (QED) is 0.832. The maximum Gasteiger partial charge on any atom is 0.410 e. The normalized spacial score (nSPS) is 18.3. The van der Waals surface area contributed by atoms with Crippen LogP contribution >= 0.6 is 11.8 Å². The Labute approximate surface area is 144 Å². The van der Waals surface area contributed by atoms with Crippen molar-refractivity contribution < 1.29 is 9.53 Å². The van der Waals surface area contributed by atoms with Crippen molar-refractivity contribution in [2.45, 2.75) is 44.2 Å². The number of rotatable bonds is 5. The van der Waals surface area contributed by atoms with Gasteiger partial charge >= 0.3 is 6.09 Å². The summed E-state index contributed by atoms with van der Waals surface area (Å²) in [7, 11) is 0. The molecule has 5 heteroatoms. The Morgan fingerprint density at radius 1 is 1.35 bits per heavy atom. The van der Waals surface area contributed by atoms with Crippen molar-refractivity contribution in [2.75, 3.05) is 25.9 Å². The predicted molar refractivity (Wildman–Crippen MR) is 95.8 cm³/mol. The van der Waals surface area contributed by atoms with Crippen molar-refractivity contribution >= 4 is 17.9 Å². The third kappa shape index (κ3) is 6.07. The lowest BCUT2D eigenvalue weighted by molar-refractivity contribution is 0.0288. The number of amides is 1. The summed E-state index contributed by atoms with van der Waals surface area (Å²) in [6, 6.07) is 8.64. The lowest BCUT2D eigenvalue weighted by Gasteiger charge is -2.24. The summed E-state index contributed by atoms with van der Waals surface area (Å²) in [5, 5.41) is 3.50. The van der Waals surface area contributed by atoms with Gasteiger partial charge in [-0.05, 0) is 57.1 Å². The highest BCUT2D eigenvalue weighted by Crippen LogP contribution is 2.19. The summed E-state index contributed by atoms with van der Waals surface area (Å²) in [6.45, 7) is 9.10. The van der Waals surface area contributed by atoms with Gasteiger partial charge in [-0.1, -0.05) is 12.1 Å². The van der Waals surface area contributed by atoms with Crippen LogP contribution in [0.25, 0.3) is 0 Å². The summed E-state index contributed by atoms with van der Waals surface area (Å²) in [4.78, 5) is 15.2. The number of benzene rings is 1. The molecular formula is C18H28N2O2S. The van der Waals surface area contributed by atoms with Crippen LogP contribution < -0.4 is 5.32 Å². The van der Waals surface area contributed by atoms with Crippen LogP contribution in [0.1, 0.15) is 32.8 Å². The van der Waals surface area contributed by atoms with E-state index in [1.54, 1.807) is 11.8 Å². The van der Waals surface area contributed by atoms with E-state index >= 15 is 0 Å². The zero-order valence-electron chi connectivity index (χ0n) is 14.6. The number of hydrogen-bond donors (Lipinski definition) is 1. The first kappa shape index (κ1) is 18.1. The molecule has 1 unspecified atom stereocenters. The molecule has 0 spiro atoms. The molecule has 1 aromatic rings. The highest BCUT2D eigenvalue weighted by molar-refractivity contribution is 7.98. The first-order chi connectivity index (χ1) is 10.9. The fourth-order valence-electron chi connectivity index (χ4n) is 2.66. The Hall–Kier alpha value is -1.20. The van der Waals surface area contributed by atoms with E-state index in [0.29, 0.717) is 5.92 Å². The molecule has 1 N–H and O–H groups in total. The fourth-order valence-corrected chi connectivity index (χ4v) is 3.06. The summed E-state index contributed by atoms with van der Waals surface area (Å²) in [6.07, 6.45) is 2.94. The lowest BCUT2D eigenvalue weighted by Crippen LogP contribution is -2.36. The van der Waals surface area contributed by atoms with Gasteiger partial charge in [-0.15, -0.1) is 11.8 Å². The number of nitrogens with zero attached hydrogens (tertiary/aromatic N) is 1. The molecule has 2 rings (SSSR count). The molecule has 1 saturated heterocycles. The van der Waals surface area contributed by atoms with Crippen molar-refractivity contribution in [2.24, 2.45) is 5.92 Å². The summed E-state index contributed by atoms with van der Waals surface area (Å²) < 4.78 is 5.43. The number of nitrogens with one attached hydrogen (secondary N) is 1. The molecule has 1 fully saturated rings. The number of carbonyl (C=O) groups is 1. The third-order valence-electron chi connectivity index (χ3n) is 3.86. The van der Waals surface area contributed by atoms with Gasteiger partial charge in [-0.25, -0.2) is 4.79 Å². The third-order valence-corrected chi connectivity index (χ3v) is 4.60. The van der Waals surface area contributed by atoms with Gasteiger partial charge in [0.1, 0.15) is 5.60 Å². The van der Waals surface area contributed by atoms with Crippen LogP contribution in [0.5, 0.6) is 0 Å². The van der Waals surface area contributed by atoms with Crippen LogP contribution in [-0.2, 0) is 11.3 Å². The van der Waals surface area contributed by atoms with E-state index in [-0.39, 0.29) is 6.09 Å². The Balaban J connectivity index is 1.70. The molecule has 0 saturated carbocycles. The molecule has 1 aliphatic heterocycles. The number of carbonyl (C=O) groups excluding carboxylic acids is 1. The number of hydrogen-bond acceptors (Lipinski definition) is 4. The van der Waals surface area contributed by atoms with E-state index in [1.807, 2.05) is 25.7 Å². The molecule has 0 bridgehead atoms. The number of ether oxygens (including phenoxy) is 1. The summed E-state index contributed by atoms with van der Waals surface area (Å²) >= 11 is 1.76. The molecule has 128 valence electrons. The molecule has 4 nitrogen and oxygen atoms in total. The van der Waals surface area contributed by atoms with Gasteiger partial charge in [-0.3, -0.25) is 0 Å². The first-order valence-corrected chi connectivity index (χ1v) is 9.41. The average Bonchev–Trinajstić information content (AvgIpc) is 2.95. The van der Waals surface area contributed by atoms with Crippen molar-refractivity contribution in [3.05, 3.63) is 29.8 Å². The van der Waals surface area contributed by atoms with Crippen LogP contribution in [0.3, 0.4) is 0 Å². The van der Waals surface area contributed by atoms with Crippen molar-refractivity contribution in [3.8, 4) is 0 Å². The van der Waals surface area contributed by atoms with Crippen molar-refractivity contribution in [1.29, 1.82) is 0 Å².